The SMILES string of the molecule is COc1cc2c3ccccc3n(S(=O)(=O)c3ccccc3)c2c2c1C(=O)N(c1ccccc1)C2=O. The number of imide groups is 1. The number of rotatable bonds is 4. The number of aromatic nitrogens is 1. The molecule has 1 aliphatic heterocycles. The summed E-state index contributed by atoms with van der Waals surface area (Å²) in [5.41, 5.74) is 0.996. The van der Waals surface area contributed by atoms with Crippen LogP contribution in [-0.4, -0.2) is 31.3 Å². The van der Waals surface area contributed by atoms with Gasteiger partial charge in [0.15, 0.2) is 0 Å². The van der Waals surface area contributed by atoms with Crippen LogP contribution in [0.15, 0.2) is 95.9 Å². The Morgan fingerprint density at radius 3 is 2.00 bits per heavy atom. The third kappa shape index (κ3) is 2.87. The van der Waals surface area contributed by atoms with Crippen LogP contribution in [-0.2, 0) is 10.0 Å². The molecule has 0 radical (unpaired) electrons. The molecule has 1 aromatic heterocycles. The zero-order chi connectivity index (χ0) is 24.3. The number of benzene rings is 4. The van der Waals surface area contributed by atoms with Crippen LogP contribution in [0.4, 0.5) is 5.69 Å². The zero-order valence-corrected chi connectivity index (χ0v) is 19.3. The van der Waals surface area contributed by atoms with Crippen molar-refractivity contribution >= 4 is 49.3 Å². The number of methoxy groups -OCH3 is 1. The number of hydrogen-bond acceptors (Lipinski definition) is 5. The van der Waals surface area contributed by atoms with Gasteiger partial charge in [-0.3, -0.25) is 9.59 Å². The first kappa shape index (κ1) is 21.1. The van der Waals surface area contributed by atoms with Gasteiger partial charge in [-0.1, -0.05) is 54.6 Å². The summed E-state index contributed by atoms with van der Waals surface area (Å²) in [5, 5.41) is 1.13. The minimum absolute atomic E-state index is 0.00362. The summed E-state index contributed by atoms with van der Waals surface area (Å²) >= 11 is 0. The topological polar surface area (TPSA) is 85.7 Å². The van der Waals surface area contributed by atoms with Gasteiger partial charge in [0.25, 0.3) is 21.8 Å². The highest BCUT2D eigenvalue weighted by atomic mass is 32.2. The average Bonchev–Trinajstić information content (AvgIpc) is 3.36. The van der Waals surface area contributed by atoms with Gasteiger partial charge in [0, 0.05) is 10.8 Å². The number of fused-ring (bicyclic) bond motifs is 5. The Labute approximate surface area is 200 Å². The highest BCUT2D eigenvalue weighted by Gasteiger charge is 2.43. The van der Waals surface area contributed by atoms with E-state index in [2.05, 4.69) is 0 Å². The summed E-state index contributed by atoms with van der Waals surface area (Å²) in [4.78, 5) is 28.5. The molecule has 0 atom stereocenters. The van der Waals surface area contributed by atoms with E-state index in [4.69, 9.17) is 4.74 Å². The smallest absolute Gasteiger partial charge is 0.270 e. The van der Waals surface area contributed by atoms with Crippen molar-refractivity contribution in [3.8, 4) is 5.75 Å². The van der Waals surface area contributed by atoms with Gasteiger partial charge in [-0.2, -0.15) is 0 Å². The first-order chi connectivity index (χ1) is 16.9. The van der Waals surface area contributed by atoms with Crippen molar-refractivity contribution in [1.82, 2.24) is 3.97 Å². The summed E-state index contributed by atoms with van der Waals surface area (Å²) in [7, 11) is -2.70. The highest BCUT2D eigenvalue weighted by molar-refractivity contribution is 7.90. The summed E-state index contributed by atoms with van der Waals surface area (Å²) in [6.45, 7) is 0. The van der Waals surface area contributed by atoms with Crippen molar-refractivity contribution < 1.29 is 22.7 Å². The number of amides is 2. The quantitative estimate of drug-likeness (QED) is 0.342. The van der Waals surface area contributed by atoms with Crippen molar-refractivity contribution in [2.24, 2.45) is 0 Å². The Hall–Kier alpha value is -4.43. The Balaban J connectivity index is 1.78. The molecular formula is C27H18N2O5S. The van der Waals surface area contributed by atoms with Crippen molar-refractivity contribution in [3.05, 3.63) is 102 Å². The normalized spacial score (nSPS) is 13.6. The number of carbonyl (C=O) groups excluding carboxylic acids is 2. The van der Waals surface area contributed by atoms with Crippen LogP contribution in [0.5, 0.6) is 5.75 Å². The lowest BCUT2D eigenvalue weighted by Crippen LogP contribution is -2.29. The Morgan fingerprint density at radius 1 is 0.714 bits per heavy atom. The van der Waals surface area contributed by atoms with E-state index in [1.165, 1.54) is 23.2 Å². The lowest BCUT2D eigenvalue weighted by molar-refractivity contribution is 0.0926. The molecule has 7 nitrogen and oxygen atoms in total. The number of nitrogens with zero attached hydrogens (tertiary/aromatic N) is 2. The summed E-state index contributed by atoms with van der Waals surface area (Å²) in [5.74, 6) is -0.958. The van der Waals surface area contributed by atoms with Gasteiger partial charge < -0.3 is 4.74 Å². The monoisotopic (exact) mass is 482 g/mol. The fraction of sp³-hybridized carbons (Fsp3) is 0.0370. The maximum Gasteiger partial charge on any atom is 0.270 e. The molecule has 0 unspecified atom stereocenters. The molecule has 172 valence electrons. The van der Waals surface area contributed by atoms with Crippen LogP contribution in [0, 0.1) is 0 Å². The largest absolute Gasteiger partial charge is 0.496 e. The number of carbonyl (C=O) groups is 2. The molecule has 8 heteroatoms. The number of hydrogen-bond donors (Lipinski definition) is 0. The van der Waals surface area contributed by atoms with E-state index in [0.717, 1.165) is 4.90 Å². The molecular weight excluding hydrogens is 464 g/mol. The molecule has 0 saturated heterocycles. The minimum Gasteiger partial charge on any atom is -0.496 e. The molecule has 6 rings (SSSR count). The highest BCUT2D eigenvalue weighted by Crippen LogP contribution is 2.43. The van der Waals surface area contributed by atoms with Gasteiger partial charge in [0.1, 0.15) is 5.75 Å². The number of ether oxygens (including phenoxy) is 1. The van der Waals surface area contributed by atoms with E-state index in [1.54, 1.807) is 78.9 Å². The molecule has 35 heavy (non-hydrogen) atoms. The molecule has 0 spiro atoms. The van der Waals surface area contributed by atoms with E-state index in [0.29, 0.717) is 22.0 Å². The first-order valence-electron chi connectivity index (χ1n) is 10.8. The molecule has 0 aliphatic carbocycles. The maximum atomic E-state index is 13.9. The fourth-order valence-electron chi connectivity index (χ4n) is 4.72. The predicted molar refractivity (Wildman–Crippen MR) is 133 cm³/mol. The molecule has 0 N–H and O–H groups in total. The van der Waals surface area contributed by atoms with E-state index < -0.39 is 21.8 Å². The molecule has 4 aromatic carbocycles. The Bertz CT molecular complexity index is 1780. The molecule has 0 fully saturated rings. The zero-order valence-electron chi connectivity index (χ0n) is 18.5. The summed E-state index contributed by atoms with van der Waals surface area (Å²) in [6, 6.07) is 25.2. The summed E-state index contributed by atoms with van der Waals surface area (Å²) < 4.78 is 34.6. The van der Waals surface area contributed by atoms with Crippen molar-refractivity contribution in [3.63, 3.8) is 0 Å². The van der Waals surface area contributed by atoms with E-state index >= 15 is 0 Å². The predicted octanol–water partition coefficient (Wildman–Crippen LogP) is 4.84. The lowest BCUT2D eigenvalue weighted by atomic mass is 10.0. The molecule has 2 heterocycles. The van der Waals surface area contributed by atoms with Gasteiger partial charge >= 0.3 is 0 Å². The third-order valence-electron chi connectivity index (χ3n) is 6.23. The molecule has 5 aromatic rings. The standard InChI is InChI=1S/C27H18N2O5S/c1-34-22-16-20-19-14-8-9-15-21(19)29(35(32,33)18-12-6-3-7-13-18)25(20)24-23(22)26(30)28(27(24)31)17-10-4-2-5-11-17/h2-16H,1H3. The van der Waals surface area contributed by atoms with Gasteiger partial charge in [-0.25, -0.2) is 17.3 Å². The van der Waals surface area contributed by atoms with Gasteiger partial charge in [-0.05, 0) is 36.4 Å². The van der Waals surface area contributed by atoms with Gasteiger partial charge in [0.2, 0.25) is 0 Å². The van der Waals surface area contributed by atoms with Crippen molar-refractivity contribution in [2.75, 3.05) is 12.0 Å². The number of para-hydroxylation sites is 2. The lowest BCUT2D eigenvalue weighted by Gasteiger charge is -2.13. The Kier molecular flexibility index (Phi) is 4.55. The van der Waals surface area contributed by atoms with Gasteiger partial charge in [-0.15, -0.1) is 0 Å². The molecule has 0 saturated carbocycles. The third-order valence-corrected chi connectivity index (χ3v) is 7.96. The second-order valence-electron chi connectivity index (χ2n) is 8.11. The maximum absolute atomic E-state index is 13.9. The van der Waals surface area contributed by atoms with Crippen LogP contribution in [0.2, 0.25) is 0 Å². The van der Waals surface area contributed by atoms with E-state index in [1.807, 2.05) is 0 Å². The van der Waals surface area contributed by atoms with Crippen LogP contribution < -0.4 is 9.64 Å². The molecule has 0 bridgehead atoms. The average molecular weight is 483 g/mol. The van der Waals surface area contributed by atoms with E-state index in [9.17, 15) is 18.0 Å². The van der Waals surface area contributed by atoms with E-state index in [-0.39, 0.29) is 27.3 Å². The second kappa shape index (κ2) is 7.54. The summed E-state index contributed by atoms with van der Waals surface area (Å²) in [6.07, 6.45) is 0. The van der Waals surface area contributed by atoms with Crippen LogP contribution >= 0.6 is 0 Å². The van der Waals surface area contributed by atoms with Gasteiger partial charge in [0.05, 0.1) is 39.9 Å². The first-order valence-corrected chi connectivity index (χ1v) is 12.3. The van der Waals surface area contributed by atoms with Crippen LogP contribution in [0.25, 0.3) is 21.8 Å². The van der Waals surface area contributed by atoms with Crippen LogP contribution in [0.3, 0.4) is 0 Å². The fourth-order valence-corrected chi connectivity index (χ4v) is 6.28. The Morgan fingerprint density at radius 2 is 1.31 bits per heavy atom. The van der Waals surface area contributed by atoms with Crippen molar-refractivity contribution in [1.29, 1.82) is 0 Å². The molecule has 2 amide bonds. The molecule has 1 aliphatic rings. The van der Waals surface area contributed by atoms with Crippen LogP contribution in [0.1, 0.15) is 20.7 Å². The minimum atomic E-state index is -4.12. The number of anilines is 1. The van der Waals surface area contributed by atoms with Crippen molar-refractivity contribution in [2.45, 2.75) is 4.90 Å². The second-order valence-corrected chi connectivity index (χ2v) is 9.89.